The van der Waals surface area contributed by atoms with E-state index in [0.29, 0.717) is 29.4 Å². The van der Waals surface area contributed by atoms with Gasteiger partial charge in [-0.15, -0.1) is 0 Å². The molecule has 0 atom stereocenters. The molecule has 158 valence electrons. The highest BCUT2D eigenvalue weighted by Crippen LogP contribution is 2.48. The van der Waals surface area contributed by atoms with Gasteiger partial charge in [-0.1, -0.05) is 18.6 Å². The van der Waals surface area contributed by atoms with E-state index in [4.69, 9.17) is 18.9 Å². The quantitative estimate of drug-likeness (QED) is 0.704. The van der Waals surface area contributed by atoms with E-state index in [1.54, 1.807) is 14.2 Å². The zero-order valence-electron chi connectivity index (χ0n) is 17.4. The smallest absolute Gasteiger partial charge is 0.315 e. The summed E-state index contributed by atoms with van der Waals surface area (Å²) in [6, 6.07) is 9.31. The van der Waals surface area contributed by atoms with Crippen LogP contribution in [0, 0.1) is 5.41 Å². The Labute approximate surface area is 175 Å². The fourth-order valence-electron chi connectivity index (χ4n) is 4.20. The zero-order valence-corrected chi connectivity index (χ0v) is 17.4. The molecular formula is C23H25NO6. The number of amides is 1. The molecule has 4 rings (SSSR count). The van der Waals surface area contributed by atoms with Crippen LogP contribution in [0.1, 0.15) is 35.2 Å². The van der Waals surface area contributed by atoms with Crippen molar-refractivity contribution in [3.8, 4) is 28.4 Å². The average Bonchev–Trinajstić information content (AvgIpc) is 3.13. The highest BCUT2D eigenvalue weighted by atomic mass is 16.5. The molecule has 1 fully saturated rings. The van der Waals surface area contributed by atoms with Gasteiger partial charge in [-0.25, -0.2) is 0 Å². The van der Waals surface area contributed by atoms with Gasteiger partial charge < -0.3 is 24.3 Å². The summed E-state index contributed by atoms with van der Waals surface area (Å²) in [7, 11) is 4.51. The minimum absolute atomic E-state index is 0.0890. The molecule has 1 amide bonds. The lowest BCUT2D eigenvalue weighted by atomic mass is 9.69. The number of carbonyl (C=O) groups is 2. The van der Waals surface area contributed by atoms with Crippen LogP contribution in [0.5, 0.6) is 17.2 Å². The van der Waals surface area contributed by atoms with Crippen molar-refractivity contribution in [3.05, 3.63) is 41.5 Å². The average molecular weight is 411 g/mol. The first-order valence-corrected chi connectivity index (χ1v) is 9.91. The summed E-state index contributed by atoms with van der Waals surface area (Å²) >= 11 is 0. The fourth-order valence-corrected chi connectivity index (χ4v) is 4.20. The van der Waals surface area contributed by atoms with Gasteiger partial charge in [0.05, 0.1) is 21.3 Å². The third-order valence-corrected chi connectivity index (χ3v) is 6.06. The summed E-state index contributed by atoms with van der Waals surface area (Å²) in [6.07, 6.45) is 2.40. The van der Waals surface area contributed by atoms with Crippen molar-refractivity contribution in [1.82, 2.24) is 5.32 Å². The number of esters is 1. The van der Waals surface area contributed by atoms with E-state index in [0.717, 1.165) is 36.0 Å². The van der Waals surface area contributed by atoms with E-state index in [9.17, 15) is 9.59 Å². The molecule has 7 heteroatoms. The molecule has 1 aliphatic heterocycles. The molecule has 2 aromatic carbocycles. The molecule has 1 heterocycles. The summed E-state index contributed by atoms with van der Waals surface area (Å²) in [4.78, 5) is 24.5. The molecule has 2 aromatic rings. The molecule has 1 saturated carbocycles. The topological polar surface area (TPSA) is 83.1 Å². The summed E-state index contributed by atoms with van der Waals surface area (Å²) in [5, 5.41) is 2.87. The maximum atomic E-state index is 12.4. The van der Waals surface area contributed by atoms with Crippen molar-refractivity contribution in [2.24, 2.45) is 5.41 Å². The number of benzene rings is 2. The molecule has 30 heavy (non-hydrogen) atoms. The third kappa shape index (κ3) is 3.14. The first-order valence-electron chi connectivity index (χ1n) is 9.91. The van der Waals surface area contributed by atoms with Crippen LogP contribution in [0.2, 0.25) is 0 Å². The Balaban J connectivity index is 1.79. The van der Waals surface area contributed by atoms with Crippen molar-refractivity contribution < 1.29 is 28.5 Å². The van der Waals surface area contributed by atoms with E-state index >= 15 is 0 Å². The van der Waals surface area contributed by atoms with Crippen molar-refractivity contribution in [2.45, 2.75) is 25.8 Å². The Kier molecular flexibility index (Phi) is 5.28. The van der Waals surface area contributed by atoms with Gasteiger partial charge >= 0.3 is 5.97 Å². The highest BCUT2D eigenvalue weighted by molar-refractivity contribution is 6.01. The number of ether oxygens (including phenoxy) is 4. The van der Waals surface area contributed by atoms with Gasteiger partial charge in [0, 0.05) is 17.7 Å². The Bertz CT molecular complexity index is 995. The van der Waals surface area contributed by atoms with Crippen LogP contribution in [0.25, 0.3) is 11.1 Å². The second kappa shape index (κ2) is 7.89. The molecule has 0 unspecified atom stereocenters. The number of hydrogen-bond donors (Lipinski definition) is 1. The van der Waals surface area contributed by atoms with E-state index in [-0.39, 0.29) is 18.5 Å². The number of fused-ring (bicyclic) bond motifs is 1. The summed E-state index contributed by atoms with van der Waals surface area (Å²) in [5.41, 5.74) is 2.57. The minimum atomic E-state index is -0.643. The SMILES string of the molecule is COC(=O)C1(COc2c(-c3cccc4c3CNC4=O)ccc(OC)c2OC)CCC1. The predicted molar refractivity (Wildman–Crippen MR) is 110 cm³/mol. The number of carbonyl (C=O) groups excluding carboxylic acids is 2. The van der Waals surface area contributed by atoms with Crippen molar-refractivity contribution >= 4 is 11.9 Å². The van der Waals surface area contributed by atoms with Crippen LogP contribution in [-0.4, -0.2) is 39.8 Å². The number of rotatable bonds is 7. The molecule has 1 N–H and O–H groups in total. The molecule has 0 spiro atoms. The normalized spacial score (nSPS) is 16.2. The first-order chi connectivity index (χ1) is 14.5. The zero-order chi connectivity index (χ0) is 21.3. The molecule has 7 nitrogen and oxygen atoms in total. The van der Waals surface area contributed by atoms with Gasteiger partial charge in [-0.2, -0.15) is 0 Å². The maximum Gasteiger partial charge on any atom is 0.315 e. The largest absolute Gasteiger partial charge is 0.493 e. The Morgan fingerprint density at radius 1 is 1.00 bits per heavy atom. The standard InChI is InChI=1S/C23H25NO6/c1-27-18-9-8-15(14-6-4-7-16-17(14)12-24-21(16)25)19(20(18)28-2)30-13-23(10-5-11-23)22(26)29-3/h4,6-9H,5,10-13H2,1-3H3,(H,24,25). The van der Waals surface area contributed by atoms with Gasteiger partial charge in [-0.3, -0.25) is 9.59 Å². The van der Waals surface area contributed by atoms with Crippen LogP contribution in [0.3, 0.4) is 0 Å². The van der Waals surface area contributed by atoms with Gasteiger partial charge in [0.2, 0.25) is 5.75 Å². The van der Waals surface area contributed by atoms with Crippen LogP contribution in [-0.2, 0) is 16.1 Å². The molecule has 2 aliphatic rings. The van der Waals surface area contributed by atoms with Crippen LogP contribution in [0.4, 0.5) is 0 Å². The Morgan fingerprint density at radius 3 is 2.40 bits per heavy atom. The van der Waals surface area contributed by atoms with Gasteiger partial charge in [0.1, 0.15) is 12.0 Å². The molecule has 0 aromatic heterocycles. The van der Waals surface area contributed by atoms with E-state index < -0.39 is 5.41 Å². The predicted octanol–water partition coefficient (Wildman–Crippen LogP) is 3.34. The van der Waals surface area contributed by atoms with Crippen molar-refractivity contribution in [2.75, 3.05) is 27.9 Å². The molecule has 0 bridgehead atoms. The second-order valence-electron chi connectivity index (χ2n) is 7.61. The van der Waals surface area contributed by atoms with Gasteiger partial charge in [0.15, 0.2) is 11.5 Å². The van der Waals surface area contributed by atoms with Gasteiger partial charge in [-0.05, 0) is 42.2 Å². The van der Waals surface area contributed by atoms with E-state index in [1.807, 2.05) is 30.3 Å². The molecular weight excluding hydrogens is 386 g/mol. The van der Waals surface area contributed by atoms with Crippen molar-refractivity contribution in [3.63, 3.8) is 0 Å². The highest BCUT2D eigenvalue weighted by Gasteiger charge is 2.46. The molecule has 1 aliphatic carbocycles. The summed E-state index contributed by atoms with van der Waals surface area (Å²) in [6.45, 7) is 0.632. The first kappa shape index (κ1) is 20.1. The minimum Gasteiger partial charge on any atom is -0.493 e. The lowest BCUT2D eigenvalue weighted by molar-refractivity contribution is -0.161. The van der Waals surface area contributed by atoms with E-state index in [2.05, 4.69) is 5.32 Å². The number of hydrogen-bond acceptors (Lipinski definition) is 6. The number of nitrogens with one attached hydrogen (secondary N) is 1. The molecule has 0 radical (unpaired) electrons. The Hall–Kier alpha value is -3.22. The van der Waals surface area contributed by atoms with Crippen molar-refractivity contribution in [1.29, 1.82) is 0 Å². The van der Waals surface area contributed by atoms with Crippen LogP contribution in [0.15, 0.2) is 30.3 Å². The van der Waals surface area contributed by atoms with Gasteiger partial charge in [0.25, 0.3) is 5.91 Å². The molecule has 0 saturated heterocycles. The number of methoxy groups -OCH3 is 3. The summed E-state index contributed by atoms with van der Waals surface area (Å²) in [5.74, 6) is 1.12. The van der Waals surface area contributed by atoms with E-state index in [1.165, 1.54) is 7.11 Å². The second-order valence-corrected chi connectivity index (χ2v) is 7.61. The lowest BCUT2D eigenvalue weighted by Crippen LogP contribution is -2.44. The Morgan fingerprint density at radius 2 is 1.77 bits per heavy atom. The fraction of sp³-hybridized carbons (Fsp3) is 0.391. The maximum absolute atomic E-state index is 12.4. The summed E-state index contributed by atoms with van der Waals surface area (Å²) < 4.78 is 22.4. The third-order valence-electron chi connectivity index (χ3n) is 6.06. The lowest BCUT2D eigenvalue weighted by Gasteiger charge is -2.38. The monoisotopic (exact) mass is 411 g/mol. The van der Waals surface area contributed by atoms with Crippen LogP contribution < -0.4 is 19.5 Å². The van der Waals surface area contributed by atoms with Crippen LogP contribution >= 0.6 is 0 Å².